The minimum atomic E-state index is -3.19. The Morgan fingerprint density at radius 2 is 1.95 bits per heavy atom. The van der Waals surface area contributed by atoms with Gasteiger partial charge in [-0.3, -0.25) is 9.69 Å². The van der Waals surface area contributed by atoms with Crippen molar-refractivity contribution in [3.05, 3.63) is 0 Å². The van der Waals surface area contributed by atoms with Crippen molar-refractivity contribution >= 4 is 15.8 Å². The minimum absolute atomic E-state index is 0.0414. The molecule has 1 saturated heterocycles. The number of sulfone groups is 1. The molecule has 2 fully saturated rings. The van der Waals surface area contributed by atoms with Crippen LogP contribution in [0.4, 0.5) is 0 Å². The summed E-state index contributed by atoms with van der Waals surface area (Å²) in [5.41, 5.74) is 0. The fourth-order valence-electron chi connectivity index (χ4n) is 3.51. The molecular weight excluding hydrogens is 278 g/mol. The summed E-state index contributed by atoms with van der Waals surface area (Å²) in [7, 11) is -3.19. The number of fused-ring (bicyclic) bond motifs is 1. The first-order valence-electron chi connectivity index (χ1n) is 7.32. The van der Waals surface area contributed by atoms with Crippen molar-refractivity contribution in [3.8, 4) is 0 Å². The van der Waals surface area contributed by atoms with Gasteiger partial charge in [-0.1, -0.05) is 6.42 Å². The number of hydrogen-bond donors (Lipinski definition) is 1. The van der Waals surface area contributed by atoms with E-state index in [9.17, 15) is 18.3 Å². The van der Waals surface area contributed by atoms with Gasteiger partial charge in [-0.05, 0) is 45.4 Å². The number of carbonyl (C=O) groups is 1. The zero-order chi connectivity index (χ0) is 15.1. The Morgan fingerprint density at radius 3 is 2.50 bits per heavy atom. The summed E-state index contributed by atoms with van der Waals surface area (Å²) in [5, 5.41) is 9.43. The van der Waals surface area contributed by atoms with Gasteiger partial charge in [0, 0.05) is 13.1 Å². The van der Waals surface area contributed by atoms with E-state index >= 15 is 0 Å². The van der Waals surface area contributed by atoms with E-state index in [-0.39, 0.29) is 11.7 Å². The Kier molecular flexibility index (Phi) is 4.17. The molecule has 2 aliphatic rings. The van der Waals surface area contributed by atoms with Crippen molar-refractivity contribution in [1.82, 2.24) is 4.90 Å². The maximum Gasteiger partial charge on any atom is 0.321 e. The molecule has 2 rings (SSSR count). The highest BCUT2D eigenvalue weighted by Crippen LogP contribution is 2.42. The maximum atomic E-state index is 12.2. The van der Waals surface area contributed by atoms with Crippen LogP contribution in [0, 0.1) is 11.8 Å². The van der Waals surface area contributed by atoms with Crippen molar-refractivity contribution in [2.45, 2.75) is 50.8 Å². The van der Waals surface area contributed by atoms with Crippen LogP contribution in [-0.4, -0.2) is 54.0 Å². The summed E-state index contributed by atoms with van der Waals surface area (Å²) in [6.07, 6.45) is 3.15. The number of likely N-dealkylation sites (tertiary alicyclic amines) is 1. The van der Waals surface area contributed by atoms with Gasteiger partial charge in [0.05, 0.1) is 10.5 Å². The lowest BCUT2D eigenvalue weighted by molar-refractivity contribution is -0.143. The highest BCUT2D eigenvalue weighted by molar-refractivity contribution is 7.92. The lowest BCUT2D eigenvalue weighted by Gasteiger charge is -2.26. The van der Waals surface area contributed by atoms with Gasteiger partial charge in [0.15, 0.2) is 9.84 Å². The largest absolute Gasteiger partial charge is 0.480 e. The summed E-state index contributed by atoms with van der Waals surface area (Å²) < 4.78 is 23.5. The first-order valence-corrected chi connectivity index (χ1v) is 8.98. The number of carboxylic acid groups (broad SMARTS) is 1. The third-order valence-corrected chi connectivity index (χ3v) is 7.41. The van der Waals surface area contributed by atoms with Gasteiger partial charge in [-0.15, -0.1) is 0 Å². The lowest BCUT2D eigenvalue weighted by Crippen LogP contribution is -2.43. The quantitative estimate of drug-likeness (QED) is 0.849. The van der Waals surface area contributed by atoms with E-state index in [2.05, 4.69) is 0 Å². The predicted octanol–water partition coefficient (Wildman–Crippen LogP) is 1.38. The standard InChI is InChI=1S/C14H25NO4S/c1-14(2,3)20(18,19)8-7-15-9-10-5-4-6-11(10)12(15)13(16)17/h10-12H,4-9H2,1-3H3,(H,16,17). The van der Waals surface area contributed by atoms with Crippen LogP contribution in [-0.2, 0) is 14.6 Å². The zero-order valence-corrected chi connectivity index (χ0v) is 13.3. The topological polar surface area (TPSA) is 74.7 Å². The minimum Gasteiger partial charge on any atom is -0.480 e. The van der Waals surface area contributed by atoms with Crippen LogP contribution in [0.1, 0.15) is 40.0 Å². The molecule has 1 aliphatic heterocycles. The Morgan fingerprint density at radius 1 is 1.30 bits per heavy atom. The van der Waals surface area contributed by atoms with Gasteiger partial charge in [0.2, 0.25) is 0 Å². The first kappa shape index (κ1) is 15.8. The first-order chi connectivity index (χ1) is 9.13. The molecule has 1 N–H and O–H groups in total. The van der Waals surface area contributed by atoms with Crippen molar-refractivity contribution in [2.75, 3.05) is 18.8 Å². The summed E-state index contributed by atoms with van der Waals surface area (Å²) in [6, 6.07) is -0.488. The second-order valence-electron chi connectivity index (χ2n) is 7.06. The van der Waals surface area contributed by atoms with E-state index in [0.29, 0.717) is 12.5 Å². The van der Waals surface area contributed by atoms with E-state index in [1.807, 2.05) is 4.90 Å². The molecule has 3 atom stereocenters. The Labute approximate surface area is 121 Å². The number of carboxylic acids is 1. The molecule has 0 bridgehead atoms. The molecule has 5 nitrogen and oxygen atoms in total. The molecule has 0 aromatic carbocycles. The van der Waals surface area contributed by atoms with Crippen LogP contribution < -0.4 is 0 Å². The molecule has 1 aliphatic carbocycles. The van der Waals surface area contributed by atoms with Gasteiger partial charge in [0.1, 0.15) is 6.04 Å². The Hall–Kier alpha value is -0.620. The molecule has 6 heteroatoms. The normalized spacial score (nSPS) is 31.4. The third-order valence-electron chi connectivity index (χ3n) is 4.82. The fraction of sp³-hybridized carbons (Fsp3) is 0.929. The number of aliphatic carboxylic acids is 1. The molecule has 1 heterocycles. The average molecular weight is 303 g/mol. The molecule has 0 aromatic rings. The molecule has 20 heavy (non-hydrogen) atoms. The fourth-order valence-corrected chi connectivity index (χ4v) is 4.59. The smallest absolute Gasteiger partial charge is 0.321 e. The predicted molar refractivity (Wildman–Crippen MR) is 77.4 cm³/mol. The van der Waals surface area contributed by atoms with E-state index in [1.54, 1.807) is 20.8 Å². The average Bonchev–Trinajstić information content (AvgIpc) is 2.82. The maximum absolute atomic E-state index is 12.2. The molecular formula is C14H25NO4S. The molecule has 3 unspecified atom stereocenters. The zero-order valence-electron chi connectivity index (χ0n) is 12.5. The Balaban J connectivity index is 2.05. The van der Waals surface area contributed by atoms with E-state index in [4.69, 9.17) is 0 Å². The number of nitrogens with zero attached hydrogens (tertiary/aromatic N) is 1. The lowest BCUT2D eigenvalue weighted by atomic mass is 9.94. The van der Waals surface area contributed by atoms with E-state index < -0.39 is 26.6 Å². The summed E-state index contributed by atoms with van der Waals surface area (Å²) >= 11 is 0. The molecule has 0 radical (unpaired) electrons. The van der Waals surface area contributed by atoms with Crippen molar-refractivity contribution in [3.63, 3.8) is 0 Å². The van der Waals surface area contributed by atoms with Crippen LogP contribution >= 0.6 is 0 Å². The monoisotopic (exact) mass is 303 g/mol. The molecule has 1 saturated carbocycles. The highest BCUT2D eigenvalue weighted by atomic mass is 32.2. The summed E-state index contributed by atoms with van der Waals surface area (Å²) in [4.78, 5) is 13.4. The highest BCUT2D eigenvalue weighted by Gasteiger charge is 2.47. The third kappa shape index (κ3) is 2.86. The van der Waals surface area contributed by atoms with Gasteiger partial charge in [0.25, 0.3) is 0 Å². The molecule has 0 aromatic heterocycles. The van der Waals surface area contributed by atoms with Crippen molar-refractivity contribution in [2.24, 2.45) is 11.8 Å². The van der Waals surface area contributed by atoms with Gasteiger partial charge < -0.3 is 5.11 Å². The van der Waals surface area contributed by atoms with Gasteiger partial charge in [-0.2, -0.15) is 0 Å². The molecule has 116 valence electrons. The van der Waals surface area contributed by atoms with E-state index in [1.165, 1.54) is 0 Å². The Bertz CT molecular complexity index is 480. The van der Waals surface area contributed by atoms with Gasteiger partial charge >= 0.3 is 5.97 Å². The van der Waals surface area contributed by atoms with Crippen LogP contribution in [0.15, 0.2) is 0 Å². The van der Waals surface area contributed by atoms with Crippen LogP contribution in [0.2, 0.25) is 0 Å². The number of rotatable bonds is 4. The number of hydrogen-bond acceptors (Lipinski definition) is 4. The van der Waals surface area contributed by atoms with Crippen LogP contribution in [0.25, 0.3) is 0 Å². The van der Waals surface area contributed by atoms with Crippen molar-refractivity contribution < 1.29 is 18.3 Å². The summed E-state index contributed by atoms with van der Waals surface area (Å²) in [6.45, 7) is 6.14. The second kappa shape index (κ2) is 5.30. The molecule has 0 spiro atoms. The van der Waals surface area contributed by atoms with Crippen molar-refractivity contribution in [1.29, 1.82) is 0 Å². The SMILES string of the molecule is CC(C)(C)S(=O)(=O)CCN1CC2CCCC2C1C(=O)O. The second-order valence-corrected chi connectivity index (χ2v) is 9.93. The van der Waals surface area contributed by atoms with Crippen LogP contribution in [0.3, 0.4) is 0 Å². The van der Waals surface area contributed by atoms with E-state index in [0.717, 1.165) is 25.8 Å². The van der Waals surface area contributed by atoms with Crippen LogP contribution in [0.5, 0.6) is 0 Å². The van der Waals surface area contributed by atoms with Gasteiger partial charge in [-0.25, -0.2) is 8.42 Å². The summed E-state index contributed by atoms with van der Waals surface area (Å²) in [5.74, 6) is -0.106. The molecule has 0 amide bonds.